The van der Waals surface area contributed by atoms with Crippen molar-refractivity contribution in [1.82, 2.24) is 4.90 Å². The maximum absolute atomic E-state index is 12.2. The van der Waals surface area contributed by atoms with E-state index in [1.807, 2.05) is 13.8 Å². The molecule has 0 rings (SSSR count). The molecule has 20 heavy (non-hydrogen) atoms. The lowest BCUT2D eigenvalue weighted by Gasteiger charge is -2.24. The number of hydrogen-bond acceptors (Lipinski definition) is 3. The fraction of sp³-hybridized carbons (Fsp3) is 0.750. The van der Waals surface area contributed by atoms with Crippen LogP contribution in [0.25, 0.3) is 0 Å². The minimum absolute atomic E-state index is 0.0164. The molecule has 0 bridgehead atoms. The van der Waals surface area contributed by atoms with Gasteiger partial charge in [0.2, 0.25) is 5.91 Å². The Morgan fingerprint density at radius 3 is 2.35 bits per heavy atom. The molecule has 0 aliphatic rings. The van der Waals surface area contributed by atoms with Crippen molar-refractivity contribution in [2.24, 2.45) is 5.92 Å². The summed E-state index contributed by atoms with van der Waals surface area (Å²) in [5.41, 5.74) is 0.972. The number of unbranched alkanes of at least 4 members (excludes halogenated alkanes) is 3. The van der Waals surface area contributed by atoms with Crippen LogP contribution in [0, 0.1) is 5.92 Å². The first-order valence-corrected chi connectivity index (χ1v) is 7.44. The molecule has 0 aromatic rings. The molecule has 0 aromatic carbocycles. The second kappa shape index (κ2) is 10.5. The second-order valence-electron chi connectivity index (χ2n) is 5.49. The average Bonchev–Trinajstić information content (AvgIpc) is 2.40. The summed E-state index contributed by atoms with van der Waals surface area (Å²) in [6, 6.07) is 0. The Bertz CT molecular complexity index is 333. The van der Waals surface area contributed by atoms with Gasteiger partial charge >= 0.3 is 5.97 Å². The largest absolute Gasteiger partial charge is 0.469 e. The molecule has 4 heteroatoms. The highest BCUT2D eigenvalue weighted by molar-refractivity contribution is 5.88. The van der Waals surface area contributed by atoms with E-state index < -0.39 is 0 Å². The molecule has 0 aliphatic carbocycles. The maximum atomic E-state index is 12.2. The van der Waals surface area contributed by atoms with Crippen molar-refractivity contribution in [3.8, 4) is 0 Å². The summed E-state index contributed by atoms with van der Waals surface area (Å²) in [5, 5.41) is 0. The molecule has 4 nitrogen and oxygen atoms in total. The van der Waals surface area contributed by atoms with Crippen molar-refractivity contribution in [1.29, 1.82) is 0 Å². The van der Waals surface area contributed by atoms with Crippen molar-refractivity contribution >= 4 is 11.9 Å². The Hall–Kier alpha value is -1.32. The molecule has 116 valence electrons. The summed E-state index contributed by atoms with van der Waals surface area (Å²) in [7, 11) is 1.38. The summed E-state index contributed by atoms with van der Waals surface area (Å²) >= 11 is 0. The lowest BCUT2D eigenvalue weighted by atomic mass is 10.1. The topological polar surface area (TPSA) is 46.6 Å². The fourth-order valence-electron chi connectivity index (χ4n) is 1.97. The van der Waals surface area contributed by atoms with E-state index in [2.05, 4.69) is 6.92 Å². The van der Waals surface area contributed by atoms with E-state index in [0.717, 1.165) is 18.4 Å². The maximum Gasteiger partial charge on any atom is 0.310 e. The van der Waals surface area contributed by atoms with Crippen molar-refractivity contribution in [2.75, 3.05) is 20.2 Å². The van der Waals surface area contributed by atoms with Gasteiger partial charge in [0.05, 0.1) is 13.0 Å². The lowest BCUT2D eigenvalue weighted by Crippen LogP contribution is -2.37. The molecule has 0 spiro atoms. The normalized spacial score (nSPS) is 11.7. The number of nitrogens with zero attached hydrogens (tertiary/aromatic N) is 1. The van der Waals surface area contributed by atoms with Crippen LogP contribution >= 0.6 is 0 Å². The lowest BCUT2D eigenvalue weighted by molar-refractivity contribution is -0.146. The minimum atomic E-state index is -0.291. The van der Waals surface area contributed by atoms with Crippen molar-refractivity contribution in [3.05, 3.63) is 11.6 Å². The standard InChI is InChI=1S/C16H29NO3/c1-6-7-8-9-10-17(15(18)11-13(2)3)12-14(4)16(19)20-5/h11,14H,6-10,12H2,1-5H3. The van der Waals surface area contributed by atoms with Crippen molar-refractivity contribution in [2.45, 2.75) is 53.4 Å². The molecule has 0 aliphatic heterocycles. The molecule has 0 fully saturated rings. The number of esters is 1. The van der Waals surface area contributed by atoms with Crippen LogP contribution in [0.1, 0.15) is 53.4 Å². The van der Waals surface area contributed by atoms with Crippen LogP contribution in [0.2, 0.25) is 0 Å². The van der Waals surface area contributed by atoms with Gasteiger partial charge in [0, 0.05) is 19.2 Å². The Kier molecular flexibility index (Phi) is 9.77. The zero-order chi connectivity index (χ0) is 15.5. The first kappa shape index (κ1) is 18.7. The van der Waals surface area contributed by atoms with Crippen LogP contribution in [-0.2, 0) is 14.3 Å². The van der Waals surface area contributed by atoms with Gasteiger partial charge in [0.25, 0.3) is 0 Å². The molecule has 1 unspecified atom stereocenters. The third kappa shape index (κ3) is 7.97. The van der Waals surface area contributed by atoms with Gasteiger partial charge in [-0.2, -0.15) is 0 Å². The number of allylic oxidation sites excluding steroid dienone is 1. The van der Waals surface area contributed by atoms with Crippen LogP contribution in [0.15, 0.2) is 11.6 Å². The molecular weight excluding hydrogens is 254 g/mol. The highest BCUT2D eigenvalue weighted by Gasteiger charge is 2.20. The average molecular weight is 283 g/mol. The molecule has 0 heterocycles. The van der Waals surface area contributed by atoms with Crippen LogP contribution in [-0.4, -0.2) is 37.0 Å². The van der Waals surface area contributed by atoms with Gasteiger partial charge in [-0.15, -0.1) is 0 Å². The van der Waals surface area contributed by atoms with Gasteiger partial charge in [-0.1, -0.05) is 38.7 Å². The number of carbonyl (C=O) groups excluding carboxylic acids is 2. The van der Waals surface area contributed by atoms with E-state index in [1.54, 1.807) is 17.9 Å². The highest BCUT2D eigenvalue weighted by atomic mass is 16.5. The molecule has 0 saturated carbocycles. The van der Waals surface area contributed by atoms with E-state index in [1.165, 1.54) is 20.0 Å². The van der Waals surface area contributed by atoms with Gasteiger partial charge in [-0.25, -0.2) is 0 Å². The van der Waals surface area contributed by atoms with Gasteiger partial charge in [0.15, 0.2) is 0 Å². The molecule has 0 saturated heterocycles. The Balaban J connectivity index is 4.57. The Labute approximate surface area is 123 Å². The summed E-state index contributed by atoms with van der Waals surface area (Å²) in [4.78, 5) is 25.4. The van der Waals surface area contributed by atoms with Crippen LogP contribution < -0.4 is 0 Å². The zero-order valence-electron chi connectivity index (χ0n) is 13.6. The quantitative estimate of drug-likeness (QED) is 0.371. The predicted octanol–water partition coefficient (Wildman–Crippen LogP) is 3.17. The van der Waals surface area contributed by atoms with E-state index >= 15 is 0 Å². The predicted molar refractivity (Wildman–Crippen MR) is 81.3 cm³/mol. The van der Waals surface area contributed by atoms with Gasteiger partial charge in [-0.05, 0) is 20.3 Å². The van der Waals surface area contributed by atoms with E-state index in [4.69, 9.17) is 4.74 Å². The van der Waals surface area contributed by atoms with Gasteiger partial charge in [-0.3, -0.25) is 9.59 Å². The van der Waals surface area contributed by atoms with Crippen LogP contribution in [0.4, 0.5) is 0 Å². The SMILES string of the molecule is CCCCCCN(CC(C)C(=O)OC)C(=O)C=C(C)C. The monoisotopic (exact) mass is 283 g/mol. The van der Waals surface area contributed by atoms with E-state index in [0.29, 0.717) is 13.1 Å². The smallest absolute Gasteiger partial charge is 0.310 e. The zero-order valence-corrected chi connectivity index (χ0v) is 13.6. The third-order valence-corrected chi connectivity index (χ3v) is 3.10. The highest BCUT2D eigenvalue weighted by Crippen LogP contribution is 2.08. The number of rotatable bonds is 9. The molecule has 0 N–H and O–H groups in total. The third-order valence-electron chi connectivity index (χ3n) is 3.10. The second-order valence-corrected chi connectivity index (χ2v) is 5.49. The van der Waals surface area contributed by atoms with Gasteiger partial charge in [0.1, 0.15) is 0 Å². The molecule has 1 atom stereocenters. The van der Waals surface area contributed by atoms with E-state index in [9.17, 15) is 9.59 Å². The fourth-order valence-corrected chi connectivity index (χ4v) is 1.97. The molecular formula is C16H29NO3. The van der Waals surface area contributed by atoms with Crippen molar-refractivity contribution in [3.63, 3.8) is 0 Å². The number of hydrogen-bond donors (Lipinski definition) is 0. The van der Waals surface area contributed by atoms with E-state index in [-0.39, 0.29) is 17.8 Å². The Morgan fingerprint density at radius 2 is 1.85 bits per heavy atom. The summed E-state index contributed by atoms with van der Waals surface area (Å²) in [5.74, 6) is -0.577. The number of methoxy groups -OCH3 is 1. The van der Waals surface area contributed by atoms with Crippen LogP contribution in [0.3, 0.4) is 0 Å². The van der Waals surface area contributed by atoms with Crippen LogP contribution in [0.5, 0.6) is 0 Å². The number of ether oxygens (including phenoxy) is 1. The molecule has 0 radical (unpaired) electrons. The summed E-state index contributed by atoms with van der Waals surface area (Å²) in [6.07, 6.45) is 6.06. The molecule has 1 amide bonds. The minimum Gasteiger partial charge on any atom is -0.469 e. The number of amides is 1. The first-order chi connectivity index (χ1) is 9.42. The molecule has 0 aromatic heterocycles. The van der Waals surface area contributed by atoms with Gasteiger partial charge < -0.3 is 9.64 Å². The first-order valence-electron chi connectivity index (χ1n) is 7.44. The van der Waals surface area contributed by atoms with Crippen molar-refractivity contribution < 1.29 is 14.3 Å². The summed E-state index contributed by atoms with van der Waals surface area (Å²) in [6.45, 7) is 8.87. The Morgan fingerprint density at radius 1 is 1.20 bits per heavy atom. The summed E-state index contributed by atoms with van der Waals surface area (Å²) < 4.78 is 4.72. The number of carbonyl (C=O) groups is 2.